The molecule has 3 N–H and O–H groups in total. The third-order valence-electron chi connectivity index (χ3n) is 3.98. The molecule has 21 heavy (non-hydrogen) atoms. The summed E-state index contributed by atoms with van der Waals surface area (Å²) >= 11 is 0. The van der Waals surface area contributed by atoms with Crippen molar-refractivity contribution in [3.05, 3.63) is 35.9 Å². The molecule has 112 valence electrons. The molecule has 2 fully saturated rings. The SMILES string of the molecule is N[C@@]12CC[C@@H](C(=O)O)N(C1)C(=O)N2OCc1ccccc1. The number of carbonyl (C=O) groups excluding carboxylic acids is 1. The van der Waals surface area contributed by atoms with Crippen molar-refractivity contribution in [1.82, 2.24) is 9.96 Å². The lowest BCUT2D eigenvalue weighted by Gasteiger charge is -2.34. The van der Waals surface area contributed by atoms with Crippen LogP contribution in [-0.4, -0.2) is 45.3 Å². The predicted molar refractivity (Wildman–Crippen MR) is 72.7 cm³/mol. The fraction of sp³-hybridized carbons (Fsp3) is 0.429. The highest BCUT2D eigenvalue weighted by atomic mass is 16.7. The van der Waals surface area contributed by atoms with Gasteiger partial charge in [0.1, 0.15) is 18.3 Å². The Morgan fingerprint density at radius 2 is 2.14 bits per heavy atom. The molecule has 2 heterocycles. The Labute approximate surface area is 121 Å². The molecule has 3 rings (SSSR count). The number of hydroxylamine groups is 2. The number of benzene rings is 1. The predicted octanol–water partition coefficient (Wildman–Crippen LogP) is 0.758. The van der Waals surface area contributed by atoms with E-state index < -0.39 is 23.7 Å². The fourth-order valence-electron chi connectivity index (χ4n) is 2.85. The lowest BCUT2D eigenvalue weighted by atomic mass is 9.96. The van der Waals surface area contributed by atoms with Gasteiger partial charge in [-0.05, 0) is 18.4 Å². The van der Waals surface area contributed by atoms with Crippen LogP contribution >= 0.6 is 0 Å². The van der Waals surface area contributed by atoms with Crippen molar-refractivity contribution in [2.24, 2.45) is 5.73 Å². The van der Waals surface area contributed by atoms with Gasteiger partial charge in [0.2, 0.25) is 0 Å². The molecule has 0 saturated carbocycles. The highest BCUT2D eigenvalue weighted by Crippen LogP contribution is 2.35. The first kappa shape index (κ1) is 13.8. The zero-order chi connectivity index (χ0) is 15.0. The van der Waals surface area contributed by atoms with Crippen molar-refractivity contribution < 1.29 is 19.5 Å². The normalized spacial score (nSPS) is 28.0. The third-order valence-corrected chi connectivity index (χ3v) is 3.98. The number of fused-ring (bicyclic) bond motifs is 2. The summed E-state index contributed by atoms with van der Waals surface area (Å²) in [6, 6.07) is 8.13. The van der Waals surface area contributed by atoms with E-state index in [4.69, 9.17) is 15.7 Å². The van der Waals surface area contributed by atoms with Gasteiger partial charge in [0.15, 0.2) is 0 Å². The molecule has 0 unspecified atom stereocenters. The maximum Gasteiger partial charge on any atom is 0.346 e. The number of piperidine rings is 1. The van der Waals surface area contributed by atoms with Crippen molar-refractivity contribution in [2.75, 3.05) is 6.54 Å². The minimum absolute atomic E-state index is 0.178. The van der Waals surface area contributed by atoms with Crippen LogP contribution in [0.4, 0.5) is 4.79 Å². The number of carbonyl (C=O) groups is 2. The Morgan fingerprint density at radius 1 is 1.43 bits per heavy atom. The zero-order valence-electron chi connectivity index (χ0n) is 11.4. The smallest absolute Gasteiger partial charge is 0.346 e. The molecule has 7 nitrogen and oxygen atoms in total. The van der Waals surface area contributed by atoms with Crippen LogP contribution in [0, 0.1) is 0 Å². The number of urea groups is 1. The number of amides is 2. The van der Waals surface area contributed by atoms with Gasteiger partial charge in [0.25, 0.3) is 0 Å². The summed E-state index contributed by atoms with van der Waals surface area (Å²) in [5.41, 5.74) is 6.18. The van der Waals surface area contributed by atoms with Gasteiger partial charge < -0.3 is 15.7 Å². The van der Waals surface area contributed by atoms with E-state index in [-0.39, 0.29) is 13.2 Å². The van der Waals surface area contributed by atoms with Gasteiger partial charge in [-0.25, -0.2) is 9.59 Å². The standard InChI is InChI=1S/C14H17N3O4/c15-14-7-6-11(12(18)19)16(9-14)13(20)17(14)21-8-10-4-2-1-3-5-10/h1-5,11H,6-9,15H2,(H,18,19)/t11-,14+/m0/s1. The molecule has 2 saturated heterocycles. The van der Waals surface area contributed by atoms with E-state index in [1.165, 1.54) is 4.90 Å². The van der Waals surface area contributed by atoms with Gasteiger partial charge >= 0.3 is 12.0 Å². The van der Waals surface area contributed by atoms with Crippen LogP contribution in [0.5, 0.6) is 0 Å². The minimum atomic E-state index is -1.00. The van der Waals surface area contributed by atoms with Gasteiger partial charge in [0, 0.05) is 0 Å². The maximum atomic E-state index is 12.3. The van der Waals surface area contributed by atoms with E-state index in [1.807, 2.05) is 30.3 Å². The monoisotopic (exact) mass is 291 g/mol. The van der Waals surface area contributed by atoms with Crippen molar-refractivity contribution in [2.45, 2.75) is 31.2 Å². The molecule has 2 aliphatic heterocycles. The number of nitrogens with zero attached hydrogens (tertiary/aromatic N) is 2. The van der Waals surface area contributed by atoms with Crippen molar-refractivity contribution >= 4 is 12.0 Å². The summed E-state index contributed by atoms with van der Waals surface area (Å²) in [6.07, 6.45) is 0.740. The Balaban J connectivity index is 1.74. The van der Waals surface area contributed by atoms with Gasteiger partial charge in [-0.1, -0.05) is 30.3 Å². The number of rotatable bonds is 4. The van der Waals surface area contributed by atoms with Crippen LogP contribution in [0.1, 0.15) is 18.4 Å². The third kappa shape index (κ3) is 2.34. The summed E-state index contributed by atoms with van der Waals surface area (Å²) in [7, 11) is 0. The first-order valence-electron chi connectivity index (χ1n) is 6.81. The molecule has 2 amide bonds. The quantitative estimate of drug-likeness (QED) is 0.853. The number of nitrogens with two attached hydrogens (primary N) is 1. The molecule has 2 aliphatic rings. The lowest BCUT2D eigenvalue weighted by Crippen LogP contribution is -2.57. The van der Waals surface area contributed by atoms with Crippen LogP contribution in [0.2, 0.25) is 0 Å². The Kier molecular flexibility index (Phi) is 3.30. The average molecular weight is 291 g/mol. The maximum absolute atomic E-state index is 12.3. The first-order chi connectivity index (χ1) is 10.0. The fourth-order valence-corrected chi connectivity index (χ4v) is 2.85. The molecule has 0 spiro atoms. The van der Waals surface area contributed by atoms with Crippen molar-refractivity contribution in [1.29, 1.82) is 0 Å². The Hall–Kier alpha value is -2.12. The van der Waals surface area contributed by atoms with Crippen LogP contribution in [0.25, 0.3) is 0 Å². The molecule has 0 aliphatic carbocycles. The van der Waals surface area contributed by atoms with Crippen molar-refractivity contribution in [3.8, 4) is 0 Å². The molecule has 0 radical (unpaired) electrons. The average Bonchev–Trinajstić information content (AvgIpc) is 2.65. The molecule has 7 heteroatoms. The van der Waals surface area contributed by atoms with E-state index in [1.54, 1.807) is 0 Å². The summed E-state index contributed by atoms with van der Waals surface area (Å²) in [4.78, 5) is 30.3. The van der Waals surface area contributed by atoms with E-state index in [0.717, 1.165) is 10.6 Å². The number of carboxylic acids is 1. The second-order valence-electron chi connectivity index (χ2n) is 5.46. The van der Waals surface area contributed by atoms with E-state index >= 15 is 0 Å². The van der Waals surface area contributed by atoms with Gasteiger partial charge in [-0.2, -0.15) is 5.06 Å². The van der Waals surface area contributed by atoms with Gasteiger partial charge in [-0.3, -0.25) is 4.84 Å². The molecular formula is C14H17N3O4. The Bertz CT molecular complexity index is 565. The minimum Gasteiger partial charge on any atom is -0.480 e. The van der Waals surface area contributed by atoms with Crippen LogP contribution in [-0.2, 0) is 16.2 Å². The summed E-state index contributed by atoms with van der Waals surface area (Å²) < 4.78 is 0. The Morgan fingerprint density at radius 3 is 2.81 bits per heavy atom. The summed E-state index contributed by atoms with van der Waals surface area (Å²) in [6.45, 7) is 0.398. The van der Waals surface area contributed by atoms with E-state index in [2.05, 4.69) is 0 Å². The highest BCUT2D eigenvalue weighted by molar-refractivity contribution is 5.85. The molecule has 2 atom stereocenters. The number of carboxylic acid groups (broad SMARTS) is 1. The molecule has 2 bridgehead atoms. The molecule has 1 aromatic carbocycles. The first-order valence-corrected chi connectivity index (χ1v) is 6.81. The topological polar surface area (TPSA) is 96.1 Å². The van der Waals surface area contributed by atoms with Crippen LogP contribution in [0.15, 0.2) is 30.3 Å². The lowest BCUT2D eigenvalue weighted by molar-refractivity contribution is -0.175. The summed E-state index contributed by atoms with van der Waals surface area (Å²) in [5.74, 6) is -1.00. The van der Waals surface area contributed by atoms with Gasteiger partial charge in [-0.15, -0.1) is 0 Å². The van der Waals surface area contributed by atoms with Crippen LogP contribution in [0.3, 0.4) is 0 Å². The summed E-state index contributed by atoms with van der Waals surface area (Å²) in [5, 5.41) is 10.3. The molecule has 0 aromatic heterocycles. The highest BCUT2D eigenvalue weighted by Gasteiger charge is 2.55. The number of hydrogen-bond acceptors (Lipinski definition) is 4. The second-order valence-corrected chi connectivity index (χ2v) is 5.46. The molecule has 1 aromatic rings. The zero-order valence-corrected chi connectivity index (χ0v) is 11.4. The van der Waals surface area contributed by atoms with Gasteiger partial charge in [0.05, 0.1) is 6.54 Å². The van der Waals surface area contributed by atoms with E-state index in [0.29, 0.717) is 12.8 Å². The van der Waals surface area contributed by atoms with Crippen molar-refractivity contribution in [3.63, 3.8) is 0 Å². The number of hydrogen-bond donors (Lipinski definition) is 2. The van der Waals surface area contributed by atoms with Crippen LogP contribution < -0.4 is 5.73 Å². The van der Waals surface area contributed by atoms with E-state index in [9.17, 15) is 9.59 Å². The second kappa shape index (κ2) is 5.01. The molecular weight excluding hydrogens is 274 g/mol. The largest absolute Gasteiger partial charge is 0.480 e. The number of aliphatic carboxylic acids is 1.